The second-order valence-corrected chi connectivity index (χ2v) is 6.44. The van der Waals surface area contributed by atoms with Crippen molar-refractivity contribution in [3.8, 4) is 5.69 Å². The van der Waals surface area contributed by atoms with Crippen LogP contribution in [0.15, 0.2) is 42.7 Å². The van der Waals surface area contributed by atoms with Crippen LogP contribution in [0.4, 0.5) is 4.79 Å². The van der Waals surface area contributed by atoms with E-state index in [0.717, 1.165) is 37.2 Å². The lowest BCUT2D eigenvalue weighted by Gasteiger charge is -2.36. The first kappa shape index (κ1) is 16.5. The highest BCUT2D eigenvalue weighted by Gasteiger charge is 2.24. The Bertz CT molecular complexity index is 668. The van der Waals surface area contributed by atoms with Crippen molar-refractivity contribution >= 4 is 6.03 Å². The van der Waals surface area contributed by atoms with E-state index in [-0.39, 0.29) is 6.03 Å². The topological polar surface area (TPSA) is 53.4 Å². The molecule has 2 heterocycles. The Hall–Kier alpha value is -2.34. The number of rotatable bonds is 4. The minimum Gasteiger partial charge on any atom is -0.334 e. The van der Waals surface area contributed by atoms with E-state index in [0.29, 0.717) is 12.6 Å². The van der Waals surface area contributed by atoms with Crippen LogP contribution in [-0.4, -0.2) is 58.8 Å². The fourth-order valence-corrected chi connectivity index (χ4v) is 3.14. The molecule has 1 fully saturated rings. The van der Waals surface area contributed by atoms with Gasteiger partial charge in [-0.25, -0.2) is 9.48 Å². The minimum atomic E-state index is 0.0109. The van der Waals surface area contributed by atoms with Crippen LogP contribution < -0.4 is 5.32 Å². The van der Waals surface area contributed by atoms with Gasteiger partial charge in [-0.05, 0) is 44.6 Å². The molecule has 6 nitrogen and oxygen atoms in total. The molecular formula is C18H25N5O. The molecule has 0 radical (unpaired) electrons. The third kappa shape index (κ3) is 3.76. The van der Waals surface area contributed by atoms with Gasteiger partial charge in [0.1, 0.15) is 0 Å². The van der Waals surface area contributed by atoms with Gasteiger partial charge in [0.2, 0.25) is 0 Å². The summed E-state index contributed by atoms with van der Waals surface area (Å²) in [5, 5.41) is 7.34. The molecule has 6 heteroatoms. The molecule has 1 N–H and O–H groups in total. The lowest BCUT2D eigenvalue weighted by Crippen LogP contribution is -2.50. The SMILES string of the molecule is CN(C)[C@H]1CCCN(C(=O)NCc2ccccc2-n2cccn2)C1. The Morgan fingerprint density at radius 3 is 2.92 bits per heavy atom. The van der Waals surface area contributed by atoms with Gasteiger partial charge in [-0.15, -0.1) is 0 Å². The van der Waals surface area contributed by atoms with Gasteiger partial charge >= 0.3 is 6.03 Å². The second-order valence-electron chi connectivity index (χ2n) is 6.44. The summed E-state index contributed by atoms with van der Waals surface area (Å²) in [5.74, 6) is 0. The summed E-state index contributed by atoms with van der Waals surface area (Å²) in [5.41, 5.74) is 2.04. The van der Waals surface area contributed by atoms with Crippen LogP contribution in [0.1, 0.15) is 18.4 Å². The average Bonchev–Trinajstić information content (AvgIpc) is 3.14. The third-order valence-electron chi connectivity index (χ3n) is 4.59. The van der Waals surface area contributed by atoms with E-state index in [2.05, 4.69) is 29.4 Å². The molecule has 24 heavy (non-hydrogen) atoms. The molecule has 0 unspecified atom stereocenters. The highest BCUT2D eigenvalue weighted by atomic mass is 16.2. The van der Waals surface area contributed by atoms with Crippen LogP contribution in [0.2, 0.25) is 0 Å². The molecule has 1 aliphatic rings. The van der Waals surface area contributed by atoms with Gasteiger partial charge in [-0.2, -0.15) is 5.10 Å². The van der Waals surface area contributed by atoms with Gasteiger partial charge in [0.15, 0.2) is 0 Å². The lowest BCUT2D eigenvalue weighted by atomic mass is 10.1. The fraction of sp³-hybridized carbons (Fsp3) is 0.444. The molecule has 0 bridgehead atoms. The van der Waals surface area contributed by atoms with Gasteiger partial charge in [-0.3, -0.25) is 0 Å². The Labute approximate surface area is 143 Å². The zero-order chi connectivity index (χ0) is 16.9. The number of carbonyl (C=O) groups excluding carboxylic acids is 1. The van der Waals surface area contributed by atoms with Crippen molar-refractivity contribution in [1.82, 2.24) is 24.9 Å². The van der Waals surface area contributed by atoms with Crippen LogP contribution >= 0.6 is 0 Å². The Kier molecular flexibility index (Phi) is 5.15. The summed E-state index contributed by atoms with van der Waals surface area (Å²) in [4.78, 5) is 16.6. The van der Waals surface area contributed by atoms with Crippen molar-refractivity contribution in [2.75, 3.05) is 27.2 Å². The normalized spacial score (nSPS) is 18.0. The molecule has 1 atom stereocenters. The van der Waals surface area contributed by atoms with E-state index in [1.54, 1.807) is 6.20 Å². The minimum absolute atomic E-state index is 0.0109. The van der Waals surface area contributed by atoms with Crippen molar-refractivity contribution in [1.29, 1.82) is 0 Å². The smallest absolute Gasteiger partial charge is 0.317 e. The number of piperidine rings is 1. The van der Waals surface area contributed by atoms with E-state index < -0.39 is 0 Å². The summed E-state index contributed by atoms with van der Waals surface area (Å²) < 4.78 is 1.82. The molecule has 3 rings (SSSR count). The number of amides is 2. The van der Waals surface area contributed by atoms with Crippen LogP contribution in [0.3, 0.4) is 0 Å². The van der Waals surface area contributed by atoms with Gasteiger partial charge < -0.3 is 15.1 Å². The number of likely N-dealkylation sites (tertiary alicyclic amines) is 1. The van der Waals surface area contributed by atoms with Crippen LogP contribution in [-0.2, 0) is 6.54 Å². The number of aromatic nitrogens is 2. The average molecular weight is 327 g/mol. The van der Waals surface area contributed by atoms with Gasteiger partial charge in [0.25, 0.3) is 0 Å². The Morgan fingerprint density at radius 2 is 2.17 bits per heavy atom. The maximum atomic E-state index is 12.5. The predicted molar refractivity (Wildman–Crippen MR) is 94.1 cm³/mol. The van der Waals surface area contributed by atoms with E-state index in [1.165, 1.54) is 0 Å². The molecular weight excluding hydrogens is 302 g/mol. The number of nitrogens with zero attached hydrogens (tertiary/aromatic N) is 4. The molecule has 1 aliphatic heterocycles. The van der Waals surface area contributed by atoms with Crippen molar-refractivity contribution in [2.45, 2.75) is 25.4 Å². The molecule has 1 aromatic heterocycles. The quantitative estimate of drug-likeness (QED) is 0.936. The van der Waals surface area contributed by atoms with E-state index in [9.17, 15) is 4.79 Å². The number of benzene rings is 1. The fourth-order valence-electron chi connectivity index (χ4n) is 3.14. The molecule has 0 saturated carbocycles. The van der Waals surface area contributed by atoms with E-state index in [1.807, 2.05) is 46.1 Å². The van der Waals surface area contributed by atoms with Gasteiger partial charge in [-0.1, -0.05) is 18.2 Å². The van der Waals surface area contributed by atoms with Crippen LogP contribution in [0.5, 0.6) is 0 Å². The second kappa shape index (κ2) is 7.49. The predicted octanol–water partition coefficient (Wildman–Crippen LogP) is 2.11. The first-order chi connectivity index (χ1) is 11.6. The Balaban J connectivity index is 1.63. The number of hydrogen-bond donors (Lipinski definition) is 1. The molecule has 0 spiro atoms. The molecule has 1 saturated heterocycles. The zero-order valence-electron chi connectivity index (χ0n) is 14.4. The number of likely N-dealkylation sites (N-methyl/N-ethyl adjacent to an activating group) is 1. The highest BCUT2D eigenvalue weighted by molar-refractivity contribution is 5.74. The standard InChI is InChI=1S/C18H25N5O/c1-21(2)16-8-5-11-22(14-16)18(24)19-13-15-7-3-4-9-17(15)23-12-6-10-20-23/h3-4,6-7,9-10,12,16H,5,8,11,13-14H2,1-2H3,(H,19,24)/t16-/m0/s1. The number of hydrogen-bond acceptors (Lipinski definition) is 3. The van der Waals surface area contributed by atoms with Crippen molar-refractivity contribution in [3.05, 3.63) is 48.3 Å². The summed E-state index contributed by atoms with van der Waals surface area (Å²) in [6, 6.07) is 10.3. The van der Waals surface area contributed by atoms with Crippen molar-refractivity contribution in [3.63, 3.8) is 0 Å². The first-order valence-corrected chi connectivity index (χ1v) is 8.42. The maximum Gasteiger partial charge on any atom is 0.317 e. The van der Waals surface area contributed by atoms with Crippen molar-refractivity contribution in [2.24, 2.45) is 0 Å². The number of nitrogens with one attached hydrogen (secondary N) is 1. The summed E-state index contributed by atoms with van der Waals surface area (Å²) in [6.45, 7) is 2.12. The van der Waals surface area contributed by atoms with E-state index >= 15 is 0 Å². The molecule has 2 amide bonds. The molecule has 1 aromatic carbocycles. The summed E-state index contributed by atoms with van der Waals surface area (Å²) >= 11 is 0. The monoisotopic (exact) mass is 327 g/mol. The lowest BCUT2D eigenvalue weighted by molar-refractivity contribution is 0.140. The van der Waals surface area contributed by atoms with E-state index in [4.69, 9.17) is 0 Å². The summed E-state index contributed by atoms with van der Waals surface area (Å²) in [6.07, 6.45) is 5.87. The number of carbonyl (C=O) groups is 1. The zero-order valence-corrected chi connectivity index (χ0v) is 14.4. The van der Waals surface area contributed by atoms with Crippen LogP contribution in [0, 0.1) is 0 Å². The van der Waals surface area contributed by atoms with Crippen molar-refractivity contribution < 1.29 is 4.79 Å². The summed E-state index contributed by atoms with van der Waals surface area (Å²) in [7, 11) is 4.15. The largest absolute Gasteiger partial charge is 0.334 e. The molecule has 0 aliphatic carbocycles. The van der Waals surface area contributed by atoms with Gasteiger partial charge in [0.05, 0.1) is 5.69 Å². The maximum absolute atomic E-state index is 12.5. The first-order valence-electron chi connectivity index (χ1n) is 8.42. The molecule has 2 aromatic rings. The highest BCUT2D eigenvalue weighted by Crippen LogP contribution is 2.15. The molecule has 128 valence electrons. The third-order valence-corrected chi connectivity index (χ3v) is 4.59. The number of urea groups is 1. The number of para-hydroxylation sites is 1. The Morgan fingerprint density at radius 1 is 1.33 bits per heavy atom. The van der Waals surface area contributed by atoms with Crippen LogP contribution in [0.25, 0.3) is 5.69 Å². The van der Waals surface area contributed by atoms with Gasteiger partial charge in [0, 0.05) is 38.1 Å².